The molecular formula is C13H15N3O5S. The minimum absolute atomic E-state index is 0.0119. The van der Waals surface area contributed by atoms with E-state index in [9.17, 15) is 18.0 Å². The first-order chi connectivity index (χ1) is 10.2. The second kappa shape index (κ2) is 5.78. The van der Waals surface area contributed by atoms with Crippen molar-refractivity contribution in [1.82, 2.24) is 10.1 Å². The van der Waals surface area contributed by atoms with Gasteiger partial charge in [0.25, 0.3) is 5.91 Å². The molecule has 0 aliphatic carbocycles. The van der Waals surface area contributed by atoms with Crippen LogP contribution in [0.1, 0.15) is 21.6 Å². The molecule has 0 fully saturated rings. The fourth-order valence-corrected chi connectivity index (χ4v) is 2.38. The quantitative estimate of drug-likeness (QED) is 0.810. The molecule has 2 aromatic rings. The number of hydrogen-bond donors (Lipinski definition) is 2. The predicted molar refractivity (Wildman–Crippen MR) is 77.7 cm³/mol. The van der Waals surface area contributed by atoms with Crippen molar-refractivity contribution < 1.29 is 17.7 Å². The summed E-state index contributed by atoms with van der Waals surface area (Å²) in [4.78, 5) is 23.5. The van der Waals surface area contributed by atoms with Crippen LogP contribution >= 0.6 is 0 Å². The molecule has 0 bridgehead atoms. The van der Waals surface area contributed by atoms with Crippen LogP contribution in [0.3, 0.4) is 0 Å². The predicted octanol–water partition coefficient (Wildman–Crippen LogP) is -0.136. The Balaban J connectivity index is 2.10. The highest BCUT2D eigenvalue weighted by atomic mass is 32.2. The summed E-state index contributed by atoms with van der Waals surface area (Å²) in [5.74, 6) is -0.553. The van der Waals surface area contributed by atoms with Crippen molar-refractivity contribution in [3.8, 4) is 0 Å². The summed E-state index contributed by atoms with van der Waals surface area (Å²) < 4.78 is 28.3. The fourth-order valence-electron chi connectivity index (χ4n) is 1.87. The zero-order chi connectivity index (χ0) is 16.5. The van der Waals surface area contributed by atoms with E-state index in [1.165, 1.54) is 36.1 Å². The first-order valence-electron chi connectivity index (χ1n) is 6.27. The minimum Gasteiger partial charge on any atom is -0.348 e. The summed E-state index contributed by atoms with van der Waals surface area (Å²) >= 11 is 0. The van der Waals surface area contributed by atoms with E-state index in [4.69, 9.17) is 9.66 Å². The molecule has 0 unspecified atom stereocenters. The molecule has 3 N–H and O–H groups in total. The standard InChI is InChI=1S/C13H15N3O5S/c1-8-11(13(18)21-16(8)2)12(17)15-7-9-3-5-10(6-4-9)22(14,19)20/h3-6H,7H2,1-2H3,(H,15,17)(H2,14,19,20). The second-order valence-corrected chi connectivity index (χ2v) is 6.27. The average Bonchev–Trinajstić information content (AvgIpc) is 2.69. The number of primary sulfonamides is 1. The van der Waals surface area contributed by atoms with Gasteiger partial charge < -0.3 is 9.84 Å². The lowest BCUT2D eigenvalue weighted by Gasteiger charge is -2.05. The Morgan fingerprint density at radius 1 is 1.32 bits per heavy atom. The summed E-state index contributed by atoms with van der Waals surface area (Å²) in [5.41, 5.74) is 0.330. The van der Waals surface area contributed by atoms with Crippen LogP contribution in [0, 0.1) is 6.92 Å². The maximum atomic E-state index is 12.0. The first kappa shape index (κ1) is 16.0. The molecule has 0 saturated carbocycles. The Hall–Kier alpha value is -2.39. The third kappa shape index (κ3) is 3.26. The van der Waals surface area contributed by atoms with E-state index in [1.54, 1.807) is 6.92 Å². The van der Waals surface area contributed by atoms with Crippen LogP contribution in [-0.2, 0) is 23.6 Å². The minimum atomic E-state index is -3.75. The SMILES string of the molecule is Cc1c(C(=O)NCc2ccc(S(N)(=O)=O)cc2)c(=O)on1C. The molecule has 118 valence electrons. The summed E-state index contributed by atoms with van der Waals surface area (Å²) in [7, 11) is -2.22. The lowest BCUT2D eigenvalue weighted by Crippen LogP contribution is -2.27. The largest absolute Gasteiger partial charge is 0.370 e. The van der Waals surface area contributed by atoms with Gasteiger partial charge in [0.2, 0.25) is 10.0 Å². The van der Waals surface area contributed by atoms with Crippen molar-refractivity contribution in [3.63, 3.8) is 0 Å². The molecule has 9 heteroatoms. The molecule has 0 aliphatic heterocycles. The molecule has 0 aliphatic rings. The number of nitrogens with two attached hydrogens (primary N) is 1. The van der Waals surface area contributed by atoms with Gasteiger partial charge in [0.1, 0.15) is 5.56 Å². The third-order valence-electron chi connectivity index (χ3n) is 3.19. The molecule has 22 heavy (non-hydrogen) atoms. The highest BCUT2D eigenvalue weighted by molar-refractivity contribution is 7.89. The number of nitrogens with zero attached hydrogens (tertiary/aromatic N) is 1. The van der Waals surface area contributed by atoms with Crippen LogP contribution in [0.4, 0.5) is 0 Å². The van der Waals surface area contributed by atoms with Gasteiger partial charge in [0, 0.05) is 13.6 Å². The molecule has 0 radical (unpaired) electrons. The number of carbonyl (C=O) groups is 1. The number of carbonyl (C=O) groups excluding carboxylic acids is 1. The Morgan fingerprint density at radius 2 is 1.91 bits per heavy atom. The van der Waals surface area contributed by atoms with Gasteiger partial charge in [-0.1, -0.05) is 12.1 Å². The maximum absolute atomic E-state index is 12.0. The van der Waals surface area contributed by atoms with E-state index in [0.717, 1.165) is 0 Å². The van der Waals surface area contributed by atoms with Crippen molar-refractivity contribution in [3.05, 3.63) is 51.5 Å². The van der Waals surface area contributed by atoms with Crippen molar-refractivity contribution in [1.29, 1.82) is 0 Å². The van der Waals surface area contributed by atoms with Gasteiger partial charge in [-0.2, -0.15) is 0 Å². The van der Waals surface area contributed by atoms with E-state index in [2.05, 4.69) is 5.32 Å². The van der Waals surface area contributed by atoms with Gasteiger partial charge in [0.15, 0.2) is 0 Å². The maximum Gasteiger partial charge on any atom is 0.370 e. The average molecular weight is 325 g/mol. The summed E-state index contributed by atoms with van der Waals surface area (Å²) in [6, 6.07) is 5.75. The van der Waals surface area contributed by atoms with Gasteiger partial charge in [-0.15, -0.1) is 0 Å². The second-order valence-electron chi connectivity index (χ2n) is 4.71. The fraction of sp³-hybridized carbons (Fsp3) is 0.231. The molecule has 1 amide bonds. The van der Waals surface area contributed by atoms with Crippen LogP contribution in [0.5, 0.6) is 0 Å². The molecule has 0 spiro atoms. The van der Waals surface area contributed by atoms with E-state index in [-0.39, 0.29) is 17.0 Å². The zero-order valence-electron chi connectivity index (χ0n) is 12.0. The number of sulfonamides is 1. The Kier molecular flexibility index (Phi) is 4.20. The van der Waals surface area contributed by atoms with Crippen LogP contribution in [0.15, 0.2) is 38.5 Å². The zero-order valence-corrected chi connectivity index (χ0v) is 12.8. The number of hydrogen-bond acceptors (Lipinski definition) is 5. The molecule has 1 aromatic carbocycles. The summed E-state index contributed by atoms with van der Waals surface area (Å²) in [6.07, 6.45) is 0. The van der Waals surface area contributed by atoms with Gasteiger partial charge in [-0.25, -0.2) is 23.1 Å². The van der Waals surface area contributed by atoms with Crippen LogP contribution in [0.25, 0.3) is 0 Å². The van der Waals surface area contributed by atoms with E-state index in [0.29, 0.717) is 11.3 Å². The molecule has 2 rings (SSSR count). The van der Waals surface area contributed by atoms with E-state index >= 15 is 0 Å². The topological polar surface area (TPSA) is 124 Å². The molecular weight excluding hydrogens is 310 g/mol. The van der Waals surface area contributed by atoms with Crippen LogP contribution in [-0.4, -0.2) is 19.1 Å². The number of aromatic nitrogens is 1. The molecule has 1 heterocycles. The van der Waals surface area contributed by atoms with Gasteiger partial charge in [-0.05, 0) is 24.6 Å². The smallest absolute Gasteiger partial charge is 0.348 e. The number of aryl methyl sites for hydroxylation is 1. The number of nitrogens with one attached hydrogen (secondary N) is 1. The van der Waals surface area contributed by atoms with E-state index in [1.807, 2.05) is 0 Å². The monoisotopic (exact) mass is 325 g/mol. The van der Waals surface area contributed by atoms with Crippen molar-refractivity contribution in [2.75, 3.05) is 0 Å². The molecule has 0 atom stereocenters. The van der Waals surface area contributed by atoms with Crippen LogP contribution in [0.2, 0.25) is 0 Å². The third-order valence-corrected chi connectivity index (χ3v) is 4.12. The number of amides is 1. The first-order valence-corrected chi connectivity index (χ1v) is 7.81. The highest BCUT2D eigenvalue weighted by Crippen LogP contribution is 2.09. The normalized spacial score (nSPS) is 11.4. The number of rotatable bonds is 4. The lowest BCUT2D eigenvalue weighted by atomic mass is 10.2. The lowest BCUT2D eigenvalue weighted by molar-refractivity contribution is 0.0948. The Morgan fingerprint density at radius 3 is 2.36 bits per heavy atom. The van der Waals surface area contributed by atoms with Crippen molar-refractivity contribution in [2.24, 2.45) is 12.2 Å². The summed E-state index contributed by atoms with van der Waals surface area (Å²) in [5, 5.41) is 7.57. The Bertz CT molecular complexity index is 862. The van der Waals surface area contributed by atoms with E-state index < -0.39 is 21.6 Å². The molecule has 0 saturated heterocycles. The van der Waals surface area contributed by atoms with Crippen molar-refractivity contribution in [2.45, 2.75) is 18.4 Å². The number of benzene rings is 1. The van der Waals surface area contributed by atoms with Crippen LogP contribution < -0.4 is 16.1 Å². The van der Waals surface area contributed by atoms with Crippen molar-refractivity contribution >= 4 is 15.9 Å². The van der Waals surface area contributed by atoms with Gasteiger partial charge in [-0.3, -0.25) is 4.79 Å². The Labute approximate surface area is 126 Å². The summed E-state index contributed by atoms with van der Waals surface area (Å²) in [6.45, 7) is 1.73. The molecule has 1 aromatic heterocycles. The highest BCUT2D eigenvalue weighted by Gasteiger charge is 2.19. The molecule has 8 nitrogen and oxygen atoms in total. The van der Waals surface area contributed by atoms with Gasteiger partial charge >= 0.3 is 5.63 Å². The van der Waals surface area contributed by atoms with Gasteiger partial charge in [0.05, 0.1) is 10.6 Å².